The second-order valence-electron chi connectivity index (χ2n) is 6.44. The SMILES string of the molecule is CC[C@H](C(=O)NCc1ccco1)n1c2ccccc2c2cnn(C)c(=O)c21. The average Bonchev–Trinajstić information content (AvgIpc) is 3.31. The molecule has 0 aliphatic rings. The summed E-state index contributed by atoms with van der Waals surface area (Å²) in [7, 11) is 1.61. The van der Waals surface area contributed by atoms with Crippen LogP contribution in [0.25, 0.3) is 21.8 Å². The van der Waals surface area contributed by atoms with Crippen molar-refractivity contribution in [3.8, 4) is 0 Å². The third kappa shape index (κ3) is 2.81. The number of carbonyl (C=O) groups excluding carboxylic acids is 1. The average molecular weight is 364 g/mol. The van der Waals surface area contributed by atoms with Crippen LogP contribution in [0.4, 0.5) is 0 Å². The first-order valence-corrected chi connectivity index (χ1v) is 8.87. The lowest BCUT2D eigenvalue weighted by Crippen LogP contribution is -2.33. The Labute approximate surface area is 155 Å². The van der Waals surface area contributed by atoms with Gasteiger partial charge in [0, 0.05) is 17.8 Å². The molecule has 1 atom stereocenters. The summed E-state index contributed by atoms with van der Waals surface area (Å²) in [6, 6.07) is 10.8. The highest BCUT2D eigenvalue weighted by Gasteiger charge is 2.25. The van der Waals surface area contributed by atoms with Crippen molar-refractivity contribution in [1.82, 2.24) is 19.7 Å². The van der Waals surface area contributed by atoms with Crippen molar-refractivity contribution in [3.05, 3.63) is 65.0 Å². The van der Waals surface area contributed by atoms with Crippen molar-refractivity contribution >= 4 is 27.7 Å². The summed E-state index contributed by atoms with van der Waals surface area (Å²) >= 11 is 0. The zero-order valence-corrected chi connectivity index (χ0v) is 15.2. The summed E-state index contributed by atoms with van der Waals surface area (Å²) in [5, 5.41) is 8.73. The maximum Gasteiger partial charge on any atom is 0.291 e. The van der Waals surface area contributed by atoms with E-state index in [4.69, 9.17) is 4.42 Å². The van der Waals surface area contributed by atoms with Crippen LogP contribution < -0.4 is 10.9 Å². The highest BCUT2D eigenvalue weighted by molar-refractivity contribution is 6.08. The lowest BCUT2D eigenvalue weighted by molar-refractivity contribution is -0.124. The smallest absolute Gasteiger partial charge is 0.291 e. The molecule has 138 valence electrons. The van der Waals surface area contributed by atoms with Gasteiger partial charge in [-0.1, -0.05) is 25.1 Å². The van der Waals surface area contributed by atoms with Gasteiger partial charge in [0.25, 0.3) is 5.56 Å². The van der Waals surface area contributed by atoms with Gasteiger partial charge in [0.05, 0.1) is 24.5 Å². The van der Waals surface area contributed by atoms with E-state index in [-0.39, 0.29) is 11.5 Å². The summed E-state index contributed by atoms with van der Waals surface area (Å²) in [5.74, 6) is 0.524. The first kappa shape index (κ1) is 17.1. The Morgan fingerprint density at radius 3 is 2.78 bits per heavy atom. The van der Waals surface area contributed by atoms with Gasteiger partial charge in [-0.2, -0.15) is 5.10 Å². The number of fused-ring (bicyclic) bond motifs is 3. The molecule has 3 aromatic heterocycles. The minimum atomic E-state index is -0.516. The molecule has 0 saturated heterocycles. The van der Waals surface area contributed by atoms with Gasteiger partial charge in [-0.05, 0) is 24.6 Å². The largest absolute Gasteiger partial charge is 0.467 e. The molecule has 0 fully saturated rings. The summed E-state index contributed by atoms with van der Waals surface area (Å²) in [6.07, 6.45) is 3.80. The van der Waals surface area contributed by atoms with Gasteiger partial charge in [0.1, 0.15) is 17.3 Å². The first-order chi connectivity index (χ1) is 13.1. The van der Waals surface area contributed by atoms with Crippen molar-refractivity contribution < 1.29 is 9.21 Å². The third-order valence-electron chi connectivity index (χ3n) is 4.82. The Morgan fingerprint density at radius 2 is 2.04 bits per heavy atom. The molecule has 0 radical (unpaired) electrons. The predicted molar refractivity (Wildman–Crippen MR) is 102 cm³/mol. The minimum absolute atomic E-state index is 0.157. The summed E-state index contributed by atoms with van der Waals surface area (Å²) < 4.78 is 8.42. The number of carbonyl (C=O) groups is 1. The molecule has 3 heterocycles. The van der Waals surface area contributed by atoms with E-state index in [2.05, 4.69) is 10.4 Å². The van der Waals surface area contributed by atoms with Crippen LogP contribution in [-0.4, -0.2) is 20.3 Å². The Hall–Kier alpha value is -3.35. The van der Waals surface area contributed by atoms with Crippen molar-refractivity contribution in [2.75, 3.05) is 0 Å². The number of aromatic nitrogens is 3. The molecule has 0 aliphatic carbocycles. The zero-order valence-electron chi connectivity index (χ0n) is 15.2. The van der Waals surface area contributed by atoms with Gasteiger partial charge in [0.2, 0.25) is 5.91 Å². The molecule has 4 aromatic rings. The van der Waals surface area contributed by atoms with Crippen molar-refractivity contribution in [2.24, 2.45) is 7.05 Å². The van der Waals surface area contributed by atoms with Gasteiger partial charge < -0.3 is 14.3 Å². The topological polar surface area (TPSA) is 82.1 Å². The molecular weight excluding hydrogens is 344 g/mol. The number of para-hydroxylation sites is 1. The number of hydrogen-bond acceptors (Lipinski definition) is 4. The normalized spacial score (nSPS) is 12.5. The molecule has 0 bridgehead atoms. The maximum atomic E-state index is 13.0. The number of hydrogen-bond donors (Lipinski definition) is 1. The molecule has 7 heteroatoms. The highest BCUT2D eigenvalue weighted by atomic mass is 16.3. The lowest BCUT2D eigenvalue weighted by atomic mass is 10.2. The van der Waals surface area contributed by atoms with Crippen molar-refractivity contribution in [2.45, 2.75) is 25.9 Å². The molecule has 0 aliphatic heterocycles. The number of furan rings is 1. The van der Waals surface area contributed by atoms with E-state index < -0.39 is 6.04 Å². The van der Waals surface area contributed by atoms with Crippen LogP contribution in [0.1, 0.15) is 25.1 Å². The third-order valence-corrected chi connectivity index (χ3v) is 4.82. The number of aryl methyl sites for hydroxylation is 1. The fourth-order valence-corrected chi connectivity index (χ4v) is 3.50. The molecule has 1 N–H and O–H groups in total. The Kier molecular flexibility index (Phi) is 4.27. The summed E-state index contributed by atoms with van der Waals surface area (Å²) in [4.78, 5) is 25.8. The number of rotatable bonds is 5. The van der Waals surface area contributed by atoms with Crippen LogP contribution >= 0.6 is 0 Å². The standard InChI is InChI=1S/C20H20N4O3/c1-3-16(19(25)21-11-13-7-6-10-27-13)24-17-9-5-4-8-14(17)15-12-22-23(2)20(26)18(15)24/h4-10,12,16H,3,11H2,1-2H3,(H,21,25)/t16-/m1/s1. The predicted octanol–water partition coefficient (Wildman–Crippen LogP) is 2.75. The van der Waals surface area contributed by atoms with Crippen LogP contribution in [0.15, 0.2) is 58.1 Å². The van der Waals surface area contributed by atoms with Crippen LogP contribution in [0.2, 0.25) is 0 Å². The van der Waals surface area contributed by atoms with Crippen LogP contribution in [0.5, 0.6) is 0 Å². The number of nitrogens with zero attached hydrogens (tertiary/aromatic N) is 3. The molecule has 0 unspecified atom stereocenters. The zero-order chi connectivity index (χ0) is 19.0. The van der Waals surface area contributed by atoms with E-state index in [0.29, 0.717) is 24.2 Å². The summed E-state index contributed by atoms with van der Waals surface area (Å²) in [5.41, 5.74) is 1.12. The van der Waals surface area contributed by atoms with Crippen molar-refractivity contribution in [1.29, 1.82) is 0 Å². The molecule has 27 heavy (non-hydrogen) atoms. The van der Waals surface area contributed by atoms with E-state index in [1.807, 2.05) is 41.8 Å². The van der Waals surface area contributed by atoms with Gasteiger partial charge in [-0.15, -0.1) is 0 Å². The van der Waals surface area contributed by atoms with E-state index in [9.17, 15) is 9.59 Å². The monoisotopic (exact) mass is 364 g/mol. The van der Waals surface area contributed by atoms with Crippen LogP contribution in [0, 0.1) is 0 Å². The molecular formula is C20H20N4O3. The fourth-order valence-electron chi connectivity index (χ4n) is 3.50. The number of nitrogens with one attached hydrogen (secondary N) is 1. The number of benzene rings is 1. The minimum Gasteiger partial charge on any atom is -0.467 e. The van der Waals surface area contributed by atoms with Gasteiger partial charge in [-0.3, -0.25) is 9.59 Å². The van der Waals surface area contributed by atoms with Gasteiger partial charge in [-0.25, -0.2) is 4.68 Å². The molecule has 1 aromatic carbocycles. The molecule has 0 spiro atoms. The molecule has 7 nitrogen and oxygen atoms in total. The first-order valence-electron chi connectivity index (χ1n) is 8.87. The second-order valence-corrected chi connectivity index (χ2v) is 6.44. The summed E-state index contributed by atoms with van der Waals surface area (Å²) in [6.45, 7) is 2.24. The number of amides is 1. The Morgan fingerprint density at radius 1 is 1.22 bits per heavy atom. The van der Waals surface area contributed by atoms with E-state index in [0.717, 1.165) is 16.3 Å². The van der Waals surface area contributed by atoms with Gasteiger partial charge in [0.15, 0.2) is 0 Å². The lowest BCUT2D eigenvalue weighted by Gasteiger charge is -2.19. The van der Waals surface area contributed by atoms with E-state index in [1.54, 1.807) is 25.6 Å². The van der Waals surface area contributed by atoms with Gasteiger partial charge >= 0.3 is 0 Å². The second kappa shape index (κ2) is 6.75. The maximum absolute atomic E-state index is 13.0. The Bertz CT molecular complexity index is 1170. The van der Waals surface area contributed by atoms with Crippen LogP contribution in [0.3, 0.4) is 0 Å². The van der Waals surface area contributed by atoms with Crippen LogP contribution in [-0.2, 0) is 18.4 Å². The molecule has 1 amide bonds. The highest BCUT2D eigenvalue weighted by Crippen LogP contribution is 2.30. The molecule has 4 rings (SSSR count). The van der Waals surface area contributed by atoms with E-state index >= 15 is 0 Å². The quantitative estimate of drug-likeness (QED) is 0.590. The Balaban J connectivity index is 1.85. The van der Waals surface area contributed by atoms with Crippen molar-refractivity contribution in [3.63, 3.8) is 0 Å². The molecule has 0 saturated carbocycles. The fraction of sp³-hybridized carbons (Fsp3) is 0.250. The van der Waals surface area contributed by atoms with E-state index in [1.165, 1.54) is 4.68 Å².